The second-order valence-corrected chi connectivity index (χ2v) is 5.47. The van der Waals surface area contributed by atoms with Crippen molar-refractivity contribution in [2.75, 3.05) is 5.32 Å². The summed E-state index contributed by atoms with van der Waals surface area (Å²) < 4.78 is 0. The molecule has 5 heteroatoms. The average Bonchev–Trinajstić information content (AvgIpc) is 2.67. The number of rotatable bonds is 3. The van der Waals surface area contributed by atoms with Crippen LogP contribution in [-0.4, -0.2) is 9.97 Å². The molecule has 0 aliphatic rings. The summed E-state index contributed by atoms with van der Waals surface area (Å²) in [7, 11) is 0. The van der Waals surface area contributed by atoms with E-state index in [4.69, 9.17) is 18.0 Å². The number of anilines is 2. The topological polar surface area (TPSA) is 50.9 Å². The number of thiocarbonyl (C=S) groups is 1. The summed E-state index contributed by atoms with van der Waals surface area (Å²) in [5, 5.41) is 4.18. The van der Waals surface area contributed by atoms with Gasteiger partial charge in [-0.05, 0) is 37.6 Å². The molecule has 0 saturated heterocycles. The smallest absolute Gasteiger partial charge is 0.187 e. The van der Waals surface area contributed by atoms with E-state index < -0.39 is 0 Å². The van der Waals surface area contributed by atoms with Crippen LogP contribution in [0.25, 0.3) is 0 Å². The lowest BCUT2D eigenvalue weighted by molar-refractivity contribution is 1.35. The maximum absolute atomic E-state index is 5.59. The Hall–Kier alpha value is -1.46. The highest BCUT2D eigenvalue weighted by atomic mass is 32.1. The molecule has 1 aromatic carbocycles. The van der Waals surface area contributed by atoms with Crippen molar-refractivity contribution in [3.63, 3.8) is 0 Å². The fourth-order valence-corrected chi connectivity index (χ4v) is 2.29. The zero-order chi connectivity index (χ0) is 12.4. The lowest BCUT2D eigenvalue weighted by Gasteiger charge is -2.08. The van der Waals surface area contributed by atoms with Gasteiger partial charge in [0.05, 0.1) is 0 Å². The van der Waals surface area contributed by atoms with Crippen LogP contribution in [-0.2, 0) is 0 Å². The number of nitrogens with zero attached hydrogens (tertiary/aromatic N) is 1. The summed E-state index contributed by atoms with van der Waals surface area (Å²) in [4.78, 5) is 5.87. The lowest BCUT2D eigenvalue weighted by atomic mass is 10.1. The molecule has 0 spiro atoms. The first-order valence-corrected chi connectivity index (χ1v) is 6.38. The van der Waals surface area contributed by atoms with Gasteiger partial charge in [0, 0.05) is 22.3 Å². The summed E-state index contributed by atoms with van der Waals surface area (Å²) in [6.45, 7) is 4.05. The molecule has 3 N–H and O–H groups in total. The fourth-order valence-electron chi connectivity index (χ4n) is 1.48. The average molecular weight is 263 g/mol. The Morgan fingerprint density at radius 3 is 2.71 bits per heavy atom. The Morgan fingerprint density at radius 1 is 1.41 bits per heavy atom. The Balaban J connectivity index is 2.25. The van der Waals surface area contributed by atoms with E-state index >= 15 is 0 Å². The van der Waals surface area contributed by atoms with E-state index in [9.17, 15) is 0 Å². The van der Waals surface area contributed by atoms with E-state index in [1.165, 1.54) is 4.88 Å². The molecular formula is C12H13N3S2. The molecule has 2 aromatic rings. The molecule has 1 aromatic heterocycles. The van der Waals surface area contributed by atoms with Gasteiger partial charge in [0.2, 0.25) is 0 Å². The zero-order valence-corrected chi connectivity index (χ0v) is 11.3. The van der Waals surface area contributed by atoms with Gasteiger partial charge in [0.15, 0.2) is 5.13 Å². The van der Waals surface area contributed by atoms with Crippen LogP contribution in [0.3, 0.4) is 0 Å². The van der Waals surface area contributed by atoms with Crippen LogP contribution >= 0.6 is 23.6 Å². The molecule has 0 bridgehead atoms. The van der Waals surface area contributed by atoms with Gasteiger partial charge in [-0.15, -0.1) is 11.3 Å². The number of aryl methyl sites for hydroxylation is 2. The largest absolute Gasteiger partial charge is 0.389 e. The third-order valence-corrected chi connectivity index (χ3v) is 3.44. The van der Waals surface area contributed by atoms with Crippen molar-refractivity contribution >= 4 is 39.4 Å². The first-order chi connectivity index (χ1) is 8.06. The van der Waals surface area contributed by atoms with E-state index in [-0.39, 0.29) is 0 Å². The third kappa shape index (κ3) is 2.81. The van der Waals surface area contributed by atoms with Crippen LogP contribution < -0.4 is 11.1 Å². The first-order valence-electron chi connectivity index (χ1n) is 5.16. The normalized spacial score (nSPS) is 10.2. The number of nitrogens with one attached hydrogen (secondary N) is 1. The molecular weight excluding hydrogens is 250 g/mol. The number of benzene rings is 1. The molecule has 1 heterocycles. The molecule has 0 aliphatic carbocycles. The minimum absolute atomic E-state index is 0.421. The van der Waals surface area contributed by atoms with Crippen molar-refractivity contribution in [2.45, 2.75) is 13.8 Å². The Kier molecular flexibility index (Phi) is 3.40. The van der Waals surface area contributed by atoms with Crippen LogP contribution in [0.1, 0.15) is 16.0 Å². The van der Waals surface area contributed by atoms with Crippen LogP contribution in [0.5, 0.6) is 0 Å². The summed E-state index contributed by atoms with van der Waals surface area (Å²) >= 11 is 6.57. The van der Waals surface area contributed by atoms with Crippen molar-refractivity contribution in [3.05, 3.63) is 40.4 Å². The molecule has 0 saturated carbocycles. The van der Waals surface area contributed by atoms with Crippen molar-refractivity contribution in [3.8, 4) is 0 Å². The molecule has 0 unspecified atom stereocenters. The number of nitrogens with two attached hydrogens (primary N) is 1. The van der Waals surface area contributed by atoms with E-state index in [1.807, 2.05) is 38.2 Å². The lowest BCUT2D eigenvalue weighted by Crippen LogP contribution is -2.09. The molecule has 0 fully saturated rings. The molecule has 17 heavy (non-hydrogen) atoms. The minimum Gasteiger partial charge on any atom is -0.389 e. The van der Waals surface area contributed by atoms with Crippen molar-refractivity contribution in [1.29, 1.82) is 0 Å². The van der Waals surface area contributed by atoms with E-state index in [0.29, 0.717) is 4.99 Å². The highest BCUT2D eigenvalue weighted by molar-refractivity contribution is 7.80. The van der Waals surface area contributed by atoms with Crippen molar-refractivity contribution in [2.24, 2.45) is 5.73 Å². The number of hydrogen-bond acceptors (Lipinski definition) is 4. The number of thiazole rings is 1. The molecule has 88 valence electrons. The first kappa shape index (κ1) is 12.0. The quantitative estimate of drug-likeness (QED) is 0.835. The maximum Gasteiger partial charge on any atom is 0.187 e. The summed E-state index contributed by atoms with van der Waals surface area (Å²) in [6.07, 6.45) is 1.85. The molecule has 0 aliphatic heterocycles. The molecule has 3 nitrogen and oxygen atoms in total. The Morgan fingerprint density at radius 2 is 2.18 bits per heavy atom. The third-order valence-electron chi connectivity index (χ3n) is 2.37. The molecule has 0 amide bonds. The van der Waals surface area contributed by atoms with Gasteiger partial charge in [0.1, 0.15) is 4.99 Å². The van der Waals surface area contributed by atoms with Gasteiger partial charge in [-0.25, -0.2) is 4.98 Å². The summed E-state index contributed by atoms with van der Waals surface area (Å²) in [5.41, 5.74) is 8.60. The van der Waals surface area contributed by atoms with Crippen LogP contribution in [0.2, 0.25) is 0 Å². The fraction of sp³-hybridized carbons (Fsp3) is 0.167. The van der Waals surface area contributed by atoms with Gasteiger partial charge in [-0.2, -0.15) is 0 Å². The van der Waals surface area contributed by atoms with Crippen LogP contribution in [0.4, 0.5) is 10.8 Å². The maximum atomic E-state index is 5.59. The summed E-state index contributed by atoms with van der Waals surface area (Å²) in [5.74, 6) is 0. The van der Waals surface area contributed by atoms with Gasteiger partial charge >= 0.3 is 0 Å². The SMILES string of the molecule is Cc1cnc(Nc2ccc(C(N)=S)cc2C)s1. The number of aromatic nitrogens is 1. The number of hydrogen-bond donors (Lipinski definition) is 2. The Labute approximate surface area is 110 Å². The monoisotopic (exact) mass is 263 g/mol. The van der Waals surface area contributed by atoms with E-state index in [2.05, 4.69) is 10.3 Å². The predicted octanol–water partition coefficient (Wildman–Crippen LogP) is 3.14. The Bertz CT molecular complexity index is 561. The standard InChI is InChI=1S/C12H13N3S2/c1-7-5-9(11(13)16)3-4-10(7)15-12-14-6-8(2)17-12/h3-6H,1-2H3,(H2,13,16)(H,14,15). The van der Waals surface area contributed by atoms with Gasteiger partial charge in [-0.1, -0.05) is 12.2 Å². The predicted molar refractivity (Wildman–Crippen MR) is 77.2 cm³/mol. The second kappa shape index (κ2) is 4.81. The molecule has 0 atom stereocenters. The highest BCUT2D eigenvalue weighted by Gasteiger charge is 2.04. The highest BCUT2D eigenvalue weighted by Crippen LogP contribution is 2.24. The van der Waals surface area contributed by atoms with Crippen LogP contribution in [0, 0.1) is 13.8 Å². The van der Waals surface area contributed by atoms with Gasteiger partial charge in [0.25, 0.3) is 0 Å². The van der Waals surface area contributed by atoms with Crippen molar-refractivity contribution in [1.82, 2.24) is 4.98 Å². The molecule has 2 rings (SSSR count). The molecule has 0 radical (unpaired) electrons. The van der Waals surface area contributed by atoms with E-state index in [1.54, 1.807) is 11.3 Å². The summed E-state index contributed by atoms with van der Waals surface area (Å²) in [6, 6.07) is 5.86. The van der Waals surface area contributed by atoms with Crippen molar-refractivity contribution < 1.29 is 0 Å². The minimum atomic E-state index is 0.421. The van der Waals surface area contributed by atoms with E-state index in [0.717, 1.165) is 21.9 Å². The van der Waals surface area contributed by atoms with Gasteiger partial charge < -0.3 is 11.1 Å². The second-order valence-electron chi connectivity index (χ2n) is 3.80. The zero-order valence-electron chi connectivity index (χ0n) is 9.65. The van der Waals surface area contributed by atoms with Crippen LogP contribution in [0.15, 0.2) is 24.4 Å². The van der Waals surface area contributed by atoms with Gasteiger partial charge in [-0.3, -0.25) is 0 Å².